The van der Waals surface area contributed by atoms with Crippen molar-refractivity contribution in [2.75, 3.05) is 0 Å². The first-order valence-corrected chi connectivity index (χ1v) is 12.3. The number of fused-ring (bicyclic) bond motifs is 1. The molecule has 1 fully saturated rings. The Morgan fingerprint density at radius 1 is 1.04 bits per heavy atom. The van der Waals surface area contributed by atoms with Crippen molar-refractivity contribution in [3.63, 3.8) is 0 Å². The zero-order valence-electron chi connectivity index (χ0n) is 17.5. The molecule has 0 aliphatic carbocycles. The van der Waals surface area contributed by atoms with E-state index in [1.165, 1.54) is 0 Å². The number of nitrogens with zero attached hydrogens (tertiary/aromatic N) is 1. The van der Waals surface area contributed by atoms with Crippen LogP contribution in [0.3, 0.4) is 0 Å². The predicted molar refractivity (Wildman–Crippen MR) is 110 cm³/mol. The average Bonchev–Trinajstić information content (AvgIpc) is 2.92. The zero-order valence-corrected chi connectivity index (χ0v) is 18.5. The summed E-state index contributed by atoms with van der Waals surface area (Å²) in [4.78, 5) is 0. The van der Waals surface area contributed by atoms with Gasteiger partial charge in [0.1, 0.15) is 5.82 Å². The van der Waals surface area contributed by atoms with Gasteiger partial charge in [-0.15, -0.1) is 0 Å². The first-order valence-electron chi connectivity index (χ1n) is 9.34. The van der Waals surface area contributed by atoms with Crippen molar-refractivity contribution in [3.05, 3.63) is 30.2 Å². The van der Waals surface area contributed by atoms with Crippen molar-refractivity contribution in [2.45, 2.75) is 77.8 Å². The molecule has 0 saturated carbocycles. The Kier molecular flexibility index (Phi) is 4.30. The van der Waals surface area contributed by atoms with Gasteiger partial charge in [-0.2, -0.15) is 0 Å². The van der Waals surface area contributed by atoms with Crippen molar-refractivity contribution in [2.24, 2.45) is 0 Å². The molecule has 1 saturated heterocycles. The SMILES string of the molecule is CC1(C)OB(c2cn([Si](C)(C)C(C)(C)C)c3ccc(F)cc23)OC1(C)C. The lowest BCUT2D eigenvalue weighted by molar-refractivity contribution is 0.00578. The predicted octanol–water partition coefficient (Wildman–Crippen LogP) is 4.93. The highest BCUT2D eigenvalue weighted by Gasteiger charge is 2.53. The summed E-state index contributed by atoms with van der Waals surface area (Å²) in [6, 6.07) is 5.04. The molecule has 142 valence electrons. The molecule has 2 heterocycles. The molecule has 1 aliphatic heterocycles. The Morgan fingerprint density at radius 2 is 1.58 bits per heavy atom. The minimum atomic E-state index is -1.88. The van der Waals surface area contributed by atoms with E-state index in [9.17, 15) is 4.39 Å². The number of hydrogen-bond acceptors (Lipinski definition) is 2. The maximum atomic E-state index is 14.1. The van der Waals surface area contributed by atoms with Gasteiger partial charge in [-0.1, -0.05) is 33.9 Å². The van der Waals surface area contributed by atoms with Crippen molar-refractivity contribution in [1.82, 2.24) is 4.23 Å². The molecular weight excluding hydrogens is 344 g/mol. The summed E-state index contributed by atoms with van der Waals surface area (Å²) in [5.41, 5.74) is 1.14. The fourth-order valence-corrected chi connectivity index (χ4v) is 5.19. The van der Waals surface area contributed by atoms with Crippen LogP contribution in [0.5, 0.6) is 0 Å². The van der Waals surface area contributed by atoms with Gasteiger partial charge >= 0.3 is 7.12 Å². The molecule has 3 nitrogen and oxygen atoms in total. The van der Waals surface area contributed by atoms with E-state index in [2.05, 4.69) is 44.3 Å². The Hall–Kier alpha value is -1.11. The van der Waals surface area contributed by atoms with Crippen molar-refractivity contribution in [1.29, 1.82) is 0 Å². The van der Waals surface area contributed by atoms with Crippen molar-refractivity contribution < 1.29 is 13.7 Å². The van der Waals surface area contributed by atoms with Crippen LogP contribution < -0.4 is 5.46 Å². The van der Waals surface area contributed by atoms with Crippen LogP contribution in [-0.4, -0.2) is 30.8 Å². The van der Waals surface area contributed by atoms with Gasteiger partial charge in [-0.25, -0.2) is 4.39 Å². The number of hydrogen-bond donors (Lipinski definition) is 0. The fraction of sp³-hybridized carbons (Fsp3) is 0.600. The van der Waals surface area contributed by atoms with E-state index in [0.29, 0.717) is 0 Å². The largest absolute Gasteiger partial charge is 0.497 e. The molecule has 6 heteroatoms. The third-order valence-corrected chi connectivity index (χ3v) is 12.0. The van der Waals surface area contributed by atoms with E-state index in [-0.39, 0.29) is 10.9 Å². The van der Waals surface area contributed by atoms with E-state index < -0.39 is 26.6 Å². The van der Waals surface area contributed by atoms with Crippen LogP contribution in [0, 0.1) is 5.82 Å². The first kappa shape index (κ1) is 19.6. The summed E-state index contributed by atoms with van der Waals surface area (Å²) in [5, 5.41) is 1.04. The molecule has 1 aromatic heterocycles. The van der Waals surface area contributed by atoms with Crippen LogP contribution >= 0.6 is 0 Å². The standard InChI is InChI=1S/C20H31BFNO2Si/c1-18(2,3)26(8,9)23-13-16(15-12-14(22)10-11-17(15)23)21-24-19(4,5)20(6,7)25-21/h10-13H,1-9H3. The summed E-state index contributed by atoms with van der Waals surface area (Å²) in [6.07, 6.45) is 2.14. The van der Waals surface area contributed by atoms with Gasteiger partial charge in [0.25, 0.3) is 0 Å². The maximum Gasteiger partial charge on any atom is 0.497 e. The molecule has 0 radical (unpaired) electrons. The normalized spacial score (nSPS) is 20.2. The second-order valence-electron chi connectivity index (χ2n) is 10.0. The molecule has 0 atom stereocenters. The summed E-state index contributed by atoms with van der Waals surface area (Å²) in [5.74, 6) is -0.233. The highest BCUT2D eigenvalue weighted by molar-refractivity contribution is 6.80. The number of aromatic nitrogens is 1. The van der Waals surface area contributed by atoms with Crippen LogP contribution in [0.25, 0.3) is 10.9 Å². The third-order valence-electron chi connectivity index (χ3n) is 6.74. The number of benzene rings is 1. The third kappa shape index (κ3) is 2.86. The molecule has 26 heavy (non-hydrogen) atoms. The quantitative estimate of drug-likeness (QED) is 0.695. The molecule has 0 amide bonds. The van der Waals surface area contributed by atoms with E-state index >= 15 is 0 Å². The highest BCUT2D eigenvalue weighted by atomic mass is 28.3. The van der Waals surface area contributed by atoms with Crippen LogP contribution in [0.1, 0.15) is 48.5 Å². The van der Waals surface area contributed by atoms with Gasteiger partial charge < -0.3 is 13.5 Å². The number of rotatable bonds is 2. The van der Waals surface area contributed by atoms with E-state index in [1.807, 2.05) is 33.8 Å². The highest BCUT2D eigenvalue weighted by Crippen LogP contribution is 2.40. The summed E-state index contributed by atoms with van der Waals surface area (Å²) >= 11 is 0. The molecule has 0 spiro atoms. The maximum absolute atomic E-state index is 14.1. The monoisotopic (exact) mass is 375 g/mol. The van der Waals surface area contributed by atoms with Gasteiger partial charge in [0, 0.05) is 16.4 Å². The van der Waals surface area contributed by atoms with E-state index in [1.54, 1.807) is 12.1 Å². The lowest BCUT2D eigenvalue weighted by Crippen LogP contribution is -2.45. The lowest BCUT2D eigenvalue weighted by Gasteiger charge is -2.38. The minimum Gasteiger partial charge on any atom is -0.399 e. The average molecular weight is 375 g/mol. The molecule has 0 N–H and O–H groups in total. The van der Waals surface area contributed by atoms with Gasteiger partial charge in [0.2, 0.25) is 0 Å². The van der Waals surface area contributed by atoms with Crippen LogP contribution in [0.4, 0.5) is 4.39 Å². The molecule has 3 rings (SSSR count). The summed E-state index contributed by atoms with van der Waals surface area (Å²) < 4.78 is 29.0. The second kappa shape index (κ2) is 5.69. The molecule has 2 aromatic rings. The molecular formula is C20H31BFNO2Si. The zero-order chi connectivity index (χ0) is 19.7. The Bertz CT molecular complexity index is 835. The van der Waals surface area contributed by atoms with Crippen LogP contribution in [0.15, 0.2) is 24.4 Å². The van der Waals surface area contributed by atoms with Gasteiger partial charge in [-0.3, -0.25) is 0 Å². The molecule has 1 aliphatic rings. The Morgan fingerprint density at radius 3 is 2.08 bits per heavy atom. The van der Waals surface area contributed by atoms with E-state index in [0.717, 1.165) is 16.4 Å². The summed E-state index contributed by atoms with van der Waals surface area (Å²) in [6.45, 7) is 19.7. The van der Waals surface area contributed by atoms with Gasteiger partial charge in [-0.05, 0) is 57.1 Å². The summed E-state index contributed by atoms with van der Waals surface area (Å²) in [7, 11) is -2.37. The Balaban J connectivity index is 2.21. The van der Waals surface area contributed by atoms with Crippen molar-refractivity contribution in [3.8, 4) is 0 Å². The minimum absolute atomic E-state index is 0.153. The molecule has 1 aromatic carbocycles. The van der Waals surface area contributed by atoms with Gasteiger partial charge in [0.15, 0.2) is 8.24 Å². The Labute approximate surface area is 158 Å². The van der Waals surface area contributed by atoms with Crippen LogP contribution in [0.2, 0.25) is 18.1 Å². The van der Waals surface area contributed by atoms with Crippen LogP contribution in [-0.2, 0) is 9.31 Å². The fourth-order valence-electron chi connectivity index (χ4n) is 3.21. The van der Waals surface area contributed by atoms with E-state index in [4.69, 9.17) is 9.31 Å². The van der Waals surface area contributed by atoms with Gasteiger partial charge in [0.05, 0.1) is 11.2 Å². The lowest BCUT2D eigenvalue weighted by atomic mass is 9.79. The first-order chi connectivity index (χ1) is 11.7. The molecule has 0 bridgehead atoms. The topological polar surface area (TPSA) is 23.4 Å². The second-order valence-corrected chi connectivity index (χ2v) is 15.1. The van der Waals surface area contributed by atoms with Crippen molar-refractivity contribution >= 4 is 31.7 Å². The smallest absolute Gasteiger partial charge is 0.399 e. The molecule has 0 unspecified atom stereocenters. The number of halogens is 1.